The van der Waals surface area contributed by atoms with Gasteiger partial charge in [0, 0.05) is 12.7 Å². The summed E-state index contributed by atoms with van der Waals surface area (Å²) in [5.74, 6) is 0.810. The number of fused-ring (bicyclic) bond motifs is 1. The van der Waals surface area contributed by atoms with Gasteiger partial charge in [0.05, 0.1) is 13.2 Å². The zero-order chi connectivity index (χ0) is 15.8. The van der Waals surface area contributed by atoms with E-state index in [1.54, 1.807) is 31.4 Å². The van der Waals surface area contributed by atoms with Crippen LogP contribution in [0.5, 0.6) is 11.5 Å². The predicted octanol–water partition coefficient (Wildman–Crippen LogP) is 1.35. The van der Waals surface area contributed by atoms with E-state index in [0.717, 1.165) is 0 Å². The average molecular weight is 306 g/mol. The largest absolute Gasteiger partial charge is 0.463 e. The van der Waals surface area contributed by atoms with Crippen molar-refractivity contribution in [1.29, 1.82) is 0 Å². The molecule has 118 valence electrons. The lowest BCUT2D eigenvalue weighted by atomic mass is 10.2. The van der Waals surface area contributed by atoms with E-state index in [-0.39, 0.29) is 25.3 Å². The standard InChI is InChI=1S/C15H18N2O5/c1-3-6-16-15(20-8-7-19-2)17-14(18)11-4-5-12-13(9-11)22-10-21-12/h3-5,9H,1,6-8,10H2,2H3,(H,16,17,18). The molecule has 1 amide bonds. The molecule has 0 unspecified atom stereocenters. The highest BCUT2D eigenvalue weighted by Crippen LogP contribution is 2.32. The van der Waals surface area contributed by atoms with Gasteiger partial charge in [-0.1, -0.05) is 6.08 Å². The number of amides is 1. The molecular formula is C15H18N2O5. The van der Waals surface area contributed by atoms with Crippen LogP contribution in [0.4, 0.5) is 0 Å². The third kappa shape index (κ3) is 4.23. The Hall–Kier alpha value is -2.54. The number of hydrogen-bond donors (Lipinski definition) is 1. The minimum absolute atomic E-state index is 0.125. The lowest BCUT2D eigenvalue weighted by Crippen LogP contribution is -2.33. The van der Waals surface area contributed by atoms with Crippen molar-refractivity contribution in [3.63, 3.8) is 0 Å². The fraction of sp³-hybridized carbons (Fsp3) is 0.333. The van der Waals surface area contributed by atoms with E-state index in [1.807, 2.05) is 0 Å². The normalized spacial score (nSPS) is 12.9. The summed E-state index contributed by atoms with van der Waals surface area (Å²) in [4.78, 5) is 16.3. The van der Waals surface area contributed by atoms with Crippen LogP contribution in [0.15, 0.2) is 35.8 Å². The van der Waals surface area contributed by atoms with Crippen LogP contribution in [0.2, 0.25) is 0 Å². The summed E-state index contributed by atoms with van der Waals surface area (Å²) in [5.41, 5.74) is 0.422. The highest BCUT2D eigenvalue weighted by atomic mass is 16.7. The molecule has 1 aromatic rings. The van der Waals surface area contributed by atoms with Gasteiger partial charge in [0.2, 0.25) is 6.79 Å². The van der Waals surface area contributed by atoms with Gasteiger partial charge in [-0.25, -0.2) is 4.99 Å². The molecule has 7 nitrogen and oxygen atoms in total. The Kier molecular flexibility index (Phi) is 5.79. The maximum absolute atomic E-state index is 12.2. The molecule has 0 radical (unpaired) electrons. The Morgan fingerprint density at radius 3 is 3.00 bits per heavy atom. The second-order valence-electron chi connectivity index (χ2n) is 4.30. The molecule has 0 aromatic heterocycles. The van der Waals surface area contributed by atoms with Gasteiger partial charge in [-0.3, -0.25) is 10.1 Å². The number of amidine groups is 1. The van der Waals surface area contributed by atoms with Gasteiger partial charge < -0.3 is 18.9 Å². The van der Waals surface area contributed by atoms with Crippen molar-refractivity contribution < 1.29 is 23.7 Å². The molecule has 1 N–H and O–H groups in total. The number of carbonyl (C=O) groups is 1. The van der Waals surface area contributed by atoms with E-state index in [2.05, 4.69) is 16.9 Å². The predicted molar refractivity (Wildman–Crippen MR) is 80.4 cm³/mol. The number of carbonyl (C=O) groups excluding carboxylic acids is 1. The number of methoxy groups -OCH3 is 1. The maximum atomic E-state index is 12.2. The van der Waals surface area contributed by atoms with Crippen LogP contribution in [-0.4, -0.2) is 45.6 Å². The Morgan fingerprint density at radius 1 is 1.41 bits per heavy atom. The van der Waals surface area contributed by atoms with Crippen LogP contribution in [-0.2, 0) is 9.47 Å². The van der Waals surface area contributed by atoms with Crippen molar-refractivity contribution in [3.8, 4) is 11.5 Å². The van der Waals surface area contributed by atoms with Crippen LogP contribution in [0.3, 0.4) is 0 Å². The second kappa shape index (κ2) is 8.04. The van der Waals surface area contributed by atoms with Gasteiger partial charge in [-0.05, 0) is 18.2 Å². The van der Waals surface area contributed by atoms with Crippen LogP contribution in [0, 0.1) is 0 Å². The number of benzene rings is 1. The SMILES string of the molecule is C=CCN=C(NC(=O)c1ccc2c(c1)OCO2)OCCOC. The van der Waals surface area contributed by atoms with Crippen molar-refractivity contribution in [2.24, 2.45) is 4.99 Å². The number of ether oxygens (including phenoxy) is 4. The molecule has 0 spiro atoms. The number of rotatable bonds is 6. The first-order valence-corrected chi connectivity index (χ1v) is 6.72. The fourth-order valence-corrected chi connectivity index (χ4v) is 1.70. The van der Waals surface area contributed by atoms with E-state index >= 15 is 0 Å². The Bertz CT molecular complexity index is 571. The minimum atomic E-state index is -0.349. The Labute approximate surface area is 128 Å². The van der Waals surface area contributed by atoms with E-state index in [9.17, 15) is 4.79 Å². The van der Waals surface area contributed by atoms with Crippen molar-refractivity contribution in [1.82, 2.24) is 5.32 Å². The van der Waals surface area contributed by atoms with Gasteiger partial charge >= 0.3 is 0 Å². The first kappa shape index (κ1) is 15.8. The summed E-state index contributed by atoms with van der Waals surface area (Å²) >= 11 is 0. The average Bonchev–Trinajstić information content (AvgIpc) is 3.00. The molecule has 0 aliphatic carbocycles. The fourth-order valence-electron chi connectivity index (χ4n) is 1.70. The molecule has 1 aliphatic rings. The zero-order valence-corrected chi connectivity index (χ0v) is 12.3. The first-order chi connectivity index (χ1) is 10.7. The molecule has 0 fully saturated rings. The monoisotopic (exact) mass is 306 g/mol. The topological polar surface area (TPSA) is 78.4 Å². The summed E-state index contributed by atoms with van der Waals surface area (Å²) in [6.45, 7) is 4.75. The van der Waals surface area contributed by atoms with E-state index < -0.39 is 0 Å². The molecule has 2 rings (SSSR count). The molecule has 1 heterocycles. The van der Waals surface area contributed by atoms with Gasteiger partial charge in [-0.15, -0.1) is 6.58 Å². The van der Waals surface area contributed by atoms with Crippen molar-refractivity contribution in [2.45, 2.75) is 0 Å². The Balaban J connectivity index is 2.01. The van der Waals surface area contributed by atoms with Gasteiger partial charge in [0.1, 0.15) is 6.61 Å². The summed E-state index contributed by atoms with van der Waals surface area (Å²) in [6, 6.07) is 5.06. The third-order valence-electron chi connectivity index (χ3n) is 2.75. The third-order valence-corrected chi connectivity index (χ3v) is 2.75. The summed E-state index contributed by atoms with van der Waals surface area (Å²) in [7, 11) is 1.56. The molecule has 0 atom stereocenters. The number of hydrogen-bond acceptors (Lipinski definition) is 6. The minimum Gasteiger partial charge on any atom is -0.463 e. The van der Waals surface area contributed by atoms with Crippen molar-refractivity contribution >= 4 is 11.9 Å². The smallest absolute Gasteiger partial charge is 0.292 e. The van der Waals surface area contributed by atoms with Crippen molar-refractivity contribution in [3.05, 3.63) is 36.4 Å². The summed E-state index contributed by atoms with van der Waals surface area (Å²) < 4.78 is 20.7. The quantitative estimate of drug-likeness (QED) is 0.371. The second-order valence-corrected chi connectivity index (χ2v) is 4.30. The highest BCUT2D eigenvalue weighted by Gasteiger charge is 2.17. The molecule has 1 aliphatic heterocycles. The maximum Gasteiger partial charge on any atom is 0.292 e. The van der Waals surface area contributed by atoms with E-state index in [4.69, 9.17) is 18.9 Å². The van der Waals surface area contributed by atoms with Crippen LogP contribution in [0.1, 0.15) is 10.4 Å². The summed E-state index contributed by atoms with van der Waals surface area (Å²) in [5, 5.41) is 2.61. The van der Waals surface area contributed by atoms with Gasteiger partial charge in [0.15, 0.2) is 11.5 Å². The van der Waals surface area contributed by atoms with Crippen LogP contribution < -0.4 is 14.8 Å². The lowest BCUT2D eigenvalue weighted by Gasteiger charge is -2.10. The lowest BCUT2D eigenvalue weighted by molar-refractivity contribution is 0.0953. The van der Waals surface area contributed by atoms with Gasteiger partial charge in [0.25, 0.3) is 11.9 Å². The van der Waals surface area contributed by atoms with Crippen LogP contribution in [0.25, 0.3) is 0 Å². The molecule has 22 heavy (non-hydrogen) atoms. The van der Waals surface area contributed by atoms with Crippen LogP contribution >= 0.6 is 0 Å². The molecule has 1 aromatic carbocycles. The summed E-state index contributed by atoms with van der Waals surface area (Å²) in [6.07, 6.45) is 1.60. The molecule has 0 saturated carbocycles. The first-order valence-electron chi connectivity index (χ1n) is 6.72. The number of nitrogens with zero attached hydrogens (tertiary/aromatic N) is 1. The highest BCUT2D eigenvalue weighted by molar-refractivity contribution is 6.04. The molecule has 0 bridgehead atoms. The van der Waals surface area contributed by atoms with E-state index in [1.165, 1.54) is 0 Å². The number of aliphatic imine (C=N–C) groups is 1. The zero-order valence-electron chi connectivity index (χ0n) is 12.3. The van der Waals surface area contributed by atoms with Gasteiger partial charge in [-0.2, -0.15) is 0 Å². The Morgan fingerprint density at radius 2 is 2.23 bits per heavy atom. The van der Waals surface area contributed by atoms with E-state index in [0.29, 0.717) is 30.2 Å². The molecule has 0 saturated heterocycles. The molecular weight excluding hydrogens is 288 g/mol. The number of nitrogens with one attached hydrogen (secondary N) is 1. The van der Waals surface area contributed by atoms with Crippen molar-refractivity contribution in [2.75, 3.05) is 33.7 Å². The molecule has 7 heteroatoms.